The minimum absolute atomic E-state index is 0.579. The van der Waals surface area contributed by atoms with Crippen LogP contribution in [0.15, 0.2) is 30.6 Å². The molecule has 8 heteroatoms. The normalized spacial score (nSPS) is 10.6. The lowest BCUT2D eigenvalue weighted by Crippen LogP contribution is -2.17. The van der Waals surface area contributed by atoms with Crippen LogP contribution in [0, 0.1) is 0 Å². The van der Waals surface area contributed by atoms with Gasteiger partial charge in [0, 0.05) is 18.3 Å². The van der Waals surface area contributed by atoms with Crippen LogP contribution in [0.5, 0.6) is 0 Å². The minimum Gasteiger partial charge on any atom is -0.367 e. The summed E-state index contributed by atoms with van der Waals surface area (Å²) >= 11 is 0. The highest BCUT2D eigenvalue weighted by Crippen LogP contribution is 2.21. The lowest BCUT2D eigenvalue weighted by molar-refractivity contribution is 0.844. The highest BCUT2D eigenvalue weighted by Gasteiger charge is 2.07. The molecular weight excluding hydrogens is 244 g/mol. The van der Waals surface area contributed by atoms with Gasteiger partial charge in [-0.25, -0.2) is 4.98 Å². The van der Waals surface area contributed by atoms with Crippen molar-refractivity contribution in [2.75, 3.05) is 11.9 Å². The van der Waals surface area contributed by atoms with E-state index < -0.39 is 0 Å². The van der Waals surface area contributed by atoms with Gasteiger partial charge in [0.25, 0.3) is 0 Å². The first-order valence-electron chi connectivity index (χ1n) is 5.72. The van der Waals surface area contributed by atoms with Crippen LogP contribution in [0.1, 0.15) is 5.82 Å². The van der Waals surface area contributed by atoms with Gasteiger partial charge in [0.2, 0.25) is 5.82 Å². The van der Waals surface area contributed by atoms with Crippen molar-refractivity contribution in [1.82, 2.24) is 35.8 Å². The summed E-state index contributed by atoms with van der Waals surface area (Å²) in [6.07, 6.45) is 1.50. The lowest BCUT2D eigenvalue weighted by Gasteiger charge is -2.18. The van der Waals surface area contributed by atoms with E-state index in [9.17, 15) is 0 Å². The fourth-order valence-corrected chi connectivity index (χ4v) is 1.79. The van der Waals surface area contributed by atoms with Gasteiger partial charge in [-0.3, -0.25) is 5.10 Å². The molecule has 0 saturated carbocycles. The fraction of sp³-hybridized carbons (Fsp3) is 0.182. The van der Waals surface area contributed by atoms with Crippen molar-refractivity contribution in [2.45, 2.75) is 6.54 Å². The first-order valence-corrected chi connectivity index (χ1v) is 5.72. The first-order chi connectivity index (χ1) is 9.33. The van der Waals surface area contributed by atoms with E-state index in [1.807, 2.05) is 31.3 Å². The highest BCUT2D eigenvalue weighted by molar-refractivity contribution is 5.62. The van der Waals surface area contributed by atoms with Crippen LogP contribution < -0.4 is 4.90 Å². The van der Waals surface area contributed by atoms with Crippen molar-refractivity contribution in [2.24, 2.45) is 0 Å². The maximum absolute atomic E-state index is 4.11. The molecule has 0 bridgehead atoms. The maximum Gasteiger partial charge on any atom is 0.204 e. The van der Waals surface area contributed by atoms with Crippen molar-refractivity contribution in [1.29, 1.82) is 0 Å². The van der Waals surface area contributed by atoms with Crippen LogP contribution in [-0.4, -0.2) is 42.9 Å². The van der Waals surface area contributed by atoms with Crippen LogP contribution in [-0.2, 0) is 6.54 Å². The number of aromatic amines is 2. The summed E-state index contributed by atoms with van der Waals surface area (Å²) in [4.78, 5) is 6.17. The van der Waals surface area contributed by atoms with Crippen molar-refractivity contribution >= 4 is 5.69 Å². The number of aromatic nitrogens is 7. The molecule has 2 heterocycles. The zero-order valence-corrected chi connectivity index (χ0v) is 10.3. The van der Waals surface area contributed by atoms with E-state index in [-0.39, 0.29) is 0 Å². The predicted octanol–water partition coefficient (Wildman–Crippen LogP) is 0.621. The third-order valence-electron chi connectivity index (χ3n) is 2.74. The molecule has 0 spiro atoms. The number of nitrogens with zero attached hydrogens (tertiary/aromatic N) is 6. The largest absolute Gasteiger partial charge is 0.367 e. The Bertz CT molecular complexity index is 631. The minimum atomic E-state index is 0.579. The first kappa shape index (κ1) is 11.3. The Hall–Kier alpha value is -2.77. The molecule has 0 radical (unpaired) electrons. The van der Waals surface area contributed by atoms with E-state index in [1.54, 1.807) is 0 Å². The number of hydrogen-bond donors (Lipinski definition) is 2. The molecule has 0 aliphatic carbocycles. The molecule has 0 unspecified atom stereocenters. The Labute approximate surface area is 108 Å². The molecule has 8 nitrogen and oxygen atoms in total. The molecule has 2 N–H and O–H groups in total. The van der Waals surface area contributed by atoms with Gasteiger partial charge in [-0.1, -0.05) is 12.1 Å². The topological polar surface area (TPSA) is 99.3 Å². The molecule has 1 aromatic carbocycles. The molecule has 0 aliphatic heterocycles. The number of H-pyrrole nitrogens is 2. The molecule has 0 atom stereocenters. The van der Waals surface area contributed by atoms with Crippen molar-refractivity contribution in [3.8, 4) is 11.4 Å². The Morgan fingerprint density at radius 1 is 1.32 bits per heavy atom. The zero-order chi connectivity index (χ0) is 13.1. The molecule has 96 valence electrons. The molecule has 2 aromatic heterocycles. The molecular formula is C11H12N8. The second-order valence-electron chi connectivity index (χ2n) is 4.07. The summed E-state index contributed by atoms with van der Waals surface area (Å²) in [6, 6.07) is 7.91. The molecule has 0 amide bonds. The summed E-state index contributed by atoms with van der Waals surface area (Å²) in [5.41, 5.74) is 1.95. The Balaban J connectivity index is 1.83. The highest BCUT2D eigenvalue weighted by atomic mass is 15.5. The molecule has 19 heavy (non-hydrogen) atoms. The summed E-state index contributed by atoms with van der Waals surface area (Å²) in [5, 5.41) is 20.6. The molecule has 3 rings (SSSR count). The van der Waals surface area contributed by atoms with Crippen LogP contribution in [0.4, 0.5) is 5.69 Å². The molecule has 0 fully saturated rings. The van der Waals surface area contributed by atoms with E-state index in [4.69, 9.17) is 0 Å². The predicted molar refractivity (Wildman–Crippen MR) is 68.1 cm³/mol. The van der Waals surface area contributed by atoms with E-state index in [0.29, 0.717) is 12.4 Å². The average molecular weight is 256 g/mol. The van der Waals surface area contributed by atoms with Crippen molar-refractivity contribution < 1.29 is 0 Å². The van der Waals surface area contributed by atoms with Gasteiger partial charge in [0.05, 0.1) is 6.54 Å². The van der Waals surface area contributed by atoms with Crippen LogP contribution in [0.2, 0.25) is 0 Å². The Kier molecular flexibility index (Phi) is 2.89. The van der Waals surface area contributed by atoms with Crippen LogP contribution in [0.25, 0.3) is 11.4 Å². The standard InChI is InChI=1S/C11H12N8/c1-19(6-10-12-7-13-14-10)9-4-2-3-8(5-9)11-15-17-18-16-11/h2-5,7H,6H2,1H3,(H,12,13,14)(H,15,16,17,18). The number of benzene rings is 1. The third kappa shape index (κ3) is 2.41. The number of rotatable bonds is 4. The Morgan fingerprint density at radius 2 is 2.26 bits per heavy atom. The van der Waals surface area contributed by atoms with Crippen LogP contribution in [0.3, 0.4) is 0 Å². The second kappa shape index (κ2) is 4.84. The average Bonchev–Trinajstić information content (AvgIpc) is 3.12. The van der Waals surface area contributed by atoms with Gasteiger partial charge in [-0.05, 0) is 17.3 Å². The van der Waals surface area contributed by atoms with Gasteiger partial charge in [0.1, 0.15) is 12.2 Å². The lowest BCUT2D eigenvalue weighted by atomic mass is 10.2. The summed E-state index contributed by atoms with van der Waals surface area (Å²) < 4.78 is 0. The van der Waals surface area contributed by atoms with Gasteiger partial charge in [-0.15, -0.1) is 10.2 Å². The zero-order valence-electron chi connectivity index (χ0n) is 10.3. The SMILES string of the molecule is CN(Cc1ncn[nH]1)c1cccc(-c2nn[nH]n2)c1. The molecule has 3 aromatic rings. The van der Waals surface area contributed by atoms with Gasteiger partial charge in [0.15, 0.2) is 0 Å². The number of nitrogens with one attached hydrogen (secondary N) is 2. The fourth-order valence-electron chi connectivity index (χ4n) is 1.79. The number of tetrazole rings is 1. The monoisotopic (exact) mass is 256 g/mol. The number of hydrogen-bond acceptors (Lipinski definition) is 6. The van der Waals surface area contributed by atoms with Gasteiger partial charge < -0.3 is 4.90 Å². The molecule has 0 aliphatic rings. The quantitative estimate of drug-likeness (QED) is 0.710. The molecule has 0 saturated heterocycles. The summed E-state index contributed by atoms with van der Waals surface area (Å²) in [7, 11) is 1.98. The van der Waals surface area contributed by atoms with Crippen molar-refractivity contribution in [3.05, 3.63) is 36.4 Å². The van der Waals surface area contributed by atoms with E-state index in [0.717, 1.165) is 17.1 Å². The van der Waals surface area contributed by atoms with Gasteiger partial charge in [-0.2, -0.15) is 10.3 Å². The maximum atomic E-state index is 4.11. The Morgan fingerprint density at radius 3 is 3.00 bits per heavy atom. The van der Waals surface area contributed by atoms with Crippen molar-refractivity contribution in [3.63, 3.8) is 0 Å². The van der Waals surface area contributed by atoms with Gasteiger partial charge >= 0.3 is 0 Å². The third-order valence-corrected chi connectivity index (χ3v) is 2.74. The number of anilines is 1. The summed E-state index contributed by atoms with van der Waals surface area (Å²) in [5.74, 6) is 1.39. The summed E-state index contributed by atoms with van der Waals surface area (Å²) in [6.45, 7) is 0.649. The smallest absolute Gasteiger partial charge is 0.204 e. The van der Waals surface area contributed by atoms with Crippen LogP contribution >= 0.6 is 0 Å². The van der Waals surface area contributed by atoms with E-state index in [2.05, 4.69) is 40.7 Å². The van der Waals surface area contributed by atoms with E-state index in [1.165, 1.54) is 6.33 Å². The second-order valence-corrected chi connectivity index (χ2v) is 4.07. The van der Waals surface area contributed by atoms with E-state index >= 15 is 0 Å².